The number of hydrogen-bond donors (Lipinski definition) is 2. The van der Waals surface area contributed by atoms with E-state index in [1.165, 1.54) is 11.8 Å². The summed E-state index contributed by atoms with van der Waals surface area (Å²) in [4.78, 5) is 9.40. The average Bonchev–Trinajstić information content (AvgIpc) is 2.32. The second kappa shape index (κ2) is 5.29. The minimum absolute atomic E-state index is 0.553. The highest BCUT2D eigenvalue weighted by atomic mass is 79.9. The molecule has 16 heavy (non-hydrogen) atoms. The number of nitrogens with two attached hydrogens (primary N) is 1. The maximum absolute atomic E-state index is 5.27. The van der Waals surface area contributed by atoms with Gasteiger partial charge in [0.1, 0.15) is 5.03 Å². The molecule has 0 bridgehead atoms. The van der Waals surface area contributed by atoms with Crippen molar-refractivity contribution in [3.8, 4) is 0 Å². The average molecular weight is 297 g/mol. The predicted octanol–water partition coefficient (Wildman–Crippen LogP) is 2.68. The lowest BCUT2D eigenvalue weighted by molar-refractivity contribution is 1.04. The van der Waals surface area contributed by atoms with Crippen molar-refractivity contribution >= 4 is 33.5 Å². The normalized spacial score (nSPS) is 10.1. The Hall–Kier alpha value is -1.11. The summed E-state index contributed by atoms with van der Waals surface area (Å²) in [7, 11) is 0. The van der Waals surface area contributed by atoms with E-state index in [0.29, 0.717) is 5.82 Å². The van der Waals surface area contributed by atoms with Gasteiger partial charge in [0.25, 0.3) is 0 Å². The van der Waals surface area contributed by atoms with E-state index in [0.717, 1.165) is 14.4 Å². The number of aromatic nitrogens is 2. The Morgan fingerprint density at radius 3 is 2.81 bits per heavy atom. The van der Waals surface area contributed by atoms with Gasteiger partial charge in [0.15, 0.2) is 5.82 Å². The molecule has 1 heterocycles. The van der Waals surface area contributed by atoms with Crippen LogP contribution in [0.1, 0.15) is 0 Å². The zero-order valence-electron chi connectivity index (χ0n) is 8.22. The summed E-state index contributed by atoms with van der Waals surface area (Å²) >= 11 is 5.01. The smallest absolute Gasteiger partial charge is 0.159 e. The first kappa shape index (κ1) is 11.4. The number of anilines is 1. The van der Waals surface area contributed by atoms with Crippen LogP contribution in [-0.4, -0.2) is 9.97 Å². The Labute approximate surface area is 106 Å². The van der Waals surface area contributed by atoms with Gasteiger partial charge in [-0.2, -0.15) is 0 Å². The fourth-order valence-corrected chi connectivity index (χ4v) is 2.43. The van der Waals surface area contributed by atoms with E-state index in [-0.39, 0.29) is 0 Å². The van der Waals surface area contributed by atoms with Gasteiger partial charge in [-0.05, 0) is 28.1 Å². The summed E-state index contributed by atoms with van der Waals surface area (Å²) in [6.07, 6.45) is 3.27. The first-order chi connectivity index (χ1) is 7.79. The van der Waals surface area contributed by atoms with Crippen molar-refractivity contribution in [1.29, 1.82) is 0 Å². The molecule has 1 aromatic carbocycles. The van der Waals surface area contributed by atoms with Crippen molar-refractivity contribution in [2.24, 2.45) is 5.84 Å². The molecule has 0 unspecified atom stereocenters. The third-order valence-corrected chi connectivity index (χ3v) is 3.75. The molecule has 4 nitrogen and oxygen atoms in total. The molecule has 0 aliphatic heterocycles. The number of nitrogens with zero attached hydrogens (tertiary/aromatic N) is 2. The number of rotatable bonds is 3. The van der Waals surface area contributed by atoms with Crippen molar-refractivity contribution in [1.82, 2.24) is 9.97 Å². The molecule has 82 valence electrons. The molecule has 0 spiro atoms. The number of hydrazine groups is 1. The highest BCUT2D eigenvalue weighted by Crippen LogP contribution is 2.31. The van der Waals surface area contributed by atoms with Crippen LogP contribution in [-0.2, 0) is 0 Å². The van der Waals surface area contributed by atoms with E-state index < -0.39 is 0 Å². The molecule has 0 saturated carbocycles. The van der Waals surface area contributed by atoms with E-state index in [1.807, 2.05) is 24.3 Å². The highest BCUT2D eigenvalue weighted by molar-refractivity contribution is 9.10. The van der Waals surface area contributed by atoms with E-state index in [1.54, 1.807) is 12.4 Å². The van der Waals surface area contributed by atoms with Crippen LogP contribution in [0.2, 0.25) is 0 Å². The van der Waals surface area contributed by atoms with Crippen LogP contribution < -0.4 is 11.3 Å². The summed E-state index contributed by atoms with van der Waals surface area (Å²) in [6.45, 7) is 0. The minimum Gasteiger partial charge on any atom is -0.307 e. The van der Waals surface area contributed by atoms with Crippen LogP contribution >= 0.6 is 27.7 Å². The molecule has 0 aliphatic rings. The molecular weight excluding hydrogens is 288 g/mol. The first-order valence-electron chi connectivity index (χ1n) is 4.50. The maximum atomic E-state index is 5.27. The van der Waals surface area contributed by atoms with Gasteiger partial charge in [0.05, 0.1) is 12.4 Å². The fraction of sp³-hybridized carbons (Fsp3) is 0. The Balaban J connectivity index is 2.24. The lowest BCUT2D eigenvalue weighted by Crippen LogP contribution is -2.08. The first-order valence-corrected chi connectivity index (χ1v) is 6.11. The number of benzene rings is 1. The van der Waals surface area contributed by atoms with Gasteiger partial charge in [-0.3, -0.25) is 4.98 Å². The van der Waals surface area contributed by atoms with Crippen LogP contribution in [0.5, 0.6) is 0 Å². The molecule has 0 atom stereocenters. The number of nitrogen functional groups attached to an aromatic ring is 1. The summed E-state index contributed by atoms with van der Waals surface area (Å²) in [5.41, 5.74) is 2.47. The Bertz CT molecular complexity index is 492. The van der Waals surface area contributed by atoms with E-state index in [9.17, 15) is 0 Å². The molecule has 0 amide bonds. The van der Waals surface area contributed by atoms with Crippen molar-refractivity contribution in [2.45, 2.75) is 9.92 Å². The van der Waals surface area contributed by atoms with Gasteiger partial charge < -0.3 is 5.43 Å². The molecule has 3 N–H and O–H groups in total. The van der Waals surface area contributed by atoms with Gasteiger partial charge in [0.2, 0.25) is 0 Å². The van der Waals surface area contributed by atoms with E-state index in [2.05, 4.69) is 31.3 Å². The molecule has 0 aliphatic carbocycles. The summed E-state index contributed by atoms with van der Waals surface area (Å²) in [5, 5.41) is 0.794. The van der Waals surface area contributed by atoms with Gasteiger partial charge in [-0.15, -0.1) is 0 Å². The molecule has 1 aromatic heterocycles. The van der Waals surface area contributed by atoms with Gasteiger partial charge in [0, 0.05) is 9.37 Å². The molecule has 2 aromatic rings. The van der Waals surface area contributed by atoms with Crippen LogP contribution in [0.25, 0.3) is 0 Å². The number of hydrogen-bond acceptors (Lipinski definition) is 5. The predicted molar refractivity (Wildman–Crippen MR) is 68.1 cm³/mol. The SMILES string of the molecule is NNc1cncc(Sc2ccccc2Br)n1. The quantitative estimate of drug-likeness (QED) is 0.673. The van der Waals surface area contributed by atoms with Crippen LogP contribution in [0, 0.1) is 0 Å². The van der Waals surface area contributed by atoms with Crippen LogP contribution in [0.4, 0.5) is 5.82 Å². The third-order valence-electron chi connectivity index (χ3n) is 1.81. The molecular formula is C10H9BrN4S. The Morgan fingerprint density at radius 1 is 1.25 bits per heavy atom. The maximum Gasteiger partial charge on any atom is 0.159 e. The second-order valence-corrected chi connectivity index (χ2v) is 4.84. The summed E-state index contributed by atoms with van der Waals surface area (Å²) in [6, 6.07) is 7.95. The Morgan fingerprint density at radius 2 is 2.06 bits per heavy atom. The van der Waals surface area contributed by atoms with Crippen LogP contribution in [0.3, 0.4) is 0 Å². The molecule has 6 heteroatoms. The van der Waals surface area contributed by atoms with Crippen molar-refractivity contribution < 1.29 is 0 Å². The number of halogens is 1. The monoisotopic (exact) mass is 296 g/mol. The largest absolute Gasteiger partial charge is 0.307 e. The molecule has 0 fully saturated rings. The molecule has 2 rings (SSSR count). The molecule has 0 radical (unpaired) electrons. The van der Waals surface area contributed by atoms with Crippen molar-refractivity contribution in [3.05, 3.63) is 41.1 Å². The topological polar surface area (TPSA) is 63.8 Å². The highest BCUT2D eigenvalue weighted by Gasteiger charge is 2.03. The lowest BCUT2D eigenvalue weighted by atomic mass is 10.4. The van der Waals surface area contributed by atoms with Crippen molar-refractivity contribution in [2.75, 3.05) is 5.43 Å². The zero-order valence-corrected chi connectivity index (χ0v) is 10.6. The van der Waals surface area contributed by atoms with Gasteiger partial charge in [-0.1, -0.05) is 23.9 Å². The lowest BCUT2D eigenvalue weighted by Gasteiger charge is -2.04. The summed E-state index contributed by atoms with van der Waals surface area (Å²) < 4.78 is 1.04. The van der Waals surface area contributed by atoms with E-state index >= 15 is 0 Å². The van der Waals surface area contributed by atoms with Crippen LogP contribution in [0.15, 0.2) is 51.1 Å². The summed E-state index contributed by atoms with van der Waals surface area (Å²) in [5.74, 6) is 5.82. The third kappa shape index (κ3) is 2.72. The molecule has 0 saturated heterocycles. The Kier molecular flexibility index (Phi) is 3.76. The van der Waals surface area contributed by atoms with E-state index in [4.69, 9.17) is 5.84 Å². The number of nitrogens with one attached hydrogen (secondary N) is 1. The second-order valence-electron chi connectivity index (χ2n) is 2.92. The fourth-order valence-electron chi connectivity index (χ4n) is 1.11. The zero-order chi connectivity index (χ0) is 11.4. The standard InChI is InChI=1S/C10H9BrN4S/c11-7-3-1-2-4-8(7)16-10-6-13-5-9(14-10)15-12/h1-6H,12H2,(H,14,15). The minimum atomic E-state index is 0.553. The van der Waals surface area contributed by atoms with Crippen molar-refractivity contribution in [3.63, 3.8) is 0 Å². The van der Waals surface area contributed by atoms with Gasteiger partial charge in [-0.25, -0.2) is 10.8 Å². The van der Waals surface area contributed by atoms with Gasteiger partial charge >= 0.3 is 0 Å².